The molecule has 0 N–H and O–H groups in total. The molecule has 0 spiro atoms. The molecule has 30 heavy (non-hydrogen) atoms. The lowest BCUT2D eigenvalue weighted by Gasteiger charge is -2.20. The van der Waals surface area contributed by atoms with Crippen molar-refractivity contribution in [3.63, 3.8) is 0 Å². The molecule has 0 aromatic heterocycles. The molecule has 2 aromatic carbocycles. The number of anilines is 1. The van der Waals surface area contributed by atoms with Crippen molar-refractivity contribution >= 4 is 23.1 Å². The highest BCUT2D eigenvalue weighted by Crippen LogP contribution is 2.37. The number of carbonyl (C=O) groups is 2. The standard InChI is InChI=1S/C24H26N2O4/c1-16(2)30-20-10-6-17(7-11-20)21-22(25-14-4-5-15-25)24(28)26(23(21)27)18-8-12-19(29-3)13-9-18/h6-13,16H,4-5,14-15H2,1-3H3. The molecule has 0 atom stereocenters. The first-order valence-corrected chi connectivity index (χ1v) is 10.3. The fourth-order valence-electron chi connectivity index (χ4n) is 3.95. The van der Waals surface area contributed by atoms with E-state index in [0.29, 0.717) is 22.7 Å². The van der Waals surface area contributed by atoms with Gasteiger partial charge in [-0.25, -0.2) is 4.90 Å². The Morgan fingerprint density at radius 1 is 0.833 bits per heavy atom. The third-order valence-electron chi connectivity index (χ3n) is 5.33. The van der Waals surface area contributed by atoms with Crippen LogP contribution in [0.3, 0.4) is 0 Å². The Balaban J connectivity index is 1.74. The predicted molar refractivity (Wildman–Crippen MR) is 115 cm³/mol. The molecular formula is C24H26N2O4. The molecule has 1 fully saturated rings. The highest BCUT2D eigenvalue weighted by atomic mass is 16.5. The van der Waals surface area contributed by atoms with Crippen molar-refractivity contribution in [2.24, 2.45) is 0 Å². The number of hydrogen-bond donors (Lipinski definition) is 0. The lowest BCUT2D eigenvalue weighted by atomic mass is 10.0. The minimum Gasteiger partial charge on any atom is -0.497 e. The fraction of sp³-hybridized carbons (Fsp3) is 0.333. The maximum atomic E-state index is 13.5. The molecule has 2 heterocycles. The maximum absolute atomic E-state index is 13.5. The van der Waals surface area contributed by atoms with E-state index in [1.807, 2.05) is 43.0 Å². The smallest absolute Gasteiger partial charge is 0.282 e. The lowest BCUT2D eigenvalue weighted by Crippen LogP contribution is -2.34. The summed E-state index contributed by atoms with van der Waals surface area (Å²) >= 11 is 0. The third kappa shape index (κ3) is 3.65. The van der Waals surface area contributed by atoms with Crippen LogP contribution in [-0.2, 0) is 9.59 Å². The average molecular weight is 406 g/mol. The number of likely N-dealkylation sites (tertiary alicyclic amines) is 1. The largest absolute Gasteiger partial charge is 0.497 e. The van der Waals surface area contributed by atoms with E-state index in [9.17, 15) is 9.59 Å². The number of imide groups is 1. The van der Waals surface area contributed by atoms with Crippen LogP contribution in [0.5, 0.6) is 11.5 Å². The molecule has 4 rings (SSSR count). The van der Waals surface area contributed by atoms with E-state index in [2.05, 4.69) is 0 Å². The molecule has 0 radical (unpaired) electrons. The zero-order valence-corrected chi connectivity index (χ0v) is 17.6. The second-order valence-electron chi connectivity index (χ2n) is 7.75. The van der Waals surface area contributed by atoms with E-state index in [1.165, 1.54) is 4.90 Å². The molecule has 0 bridgehead atoms. The van der Waals surface area contributed by atoms with Gasteiger partial charge in [-0.15, -0.1) is 0 Å². The predicted octanol–water partition coefficient (Wildman–Crippen LogP) is 3.86. The molecule has 2 amide bonds. The summed E-state index contributed by atoms with van der Waals surface area (Å²) < 4.78 is 10.9. The first-order valence-electron chi connectivity index (χ1n) is 10.3. The van der Waals surface area contributed by atoms with Gasteiger partial charge in [-0.1, -0.05) is 12.1 Å². The van der Waals surface area contributed by atoms with E-state index < -0.39 is 0 Å². The third-order valence-corrected chi connectivity index (χ3v) is 5.33. The van der Waals surface area contributed by atoms with Crippen LogP contribution < -0.4 is 14.4 Å². The number of carbonyl (C=O) groups excluding carboxylic acids is 2. The van der Waals surface area contributed by atoms with Crippen LogP contribution in [0.4, 0.5) is 5.69 Å². The van der Waals surface area contributed by atoms with Crippen LogP contribution in [0.2, 0.25) is 0 Å². The van der Waals surface area contributed by atoms with Gasteiger partial charge in [-0.2, -0.15) is 0 Å². The average Bonchev–Trinajstić information content (AvgIpc) is 3.34. The van der Waals surface area contributed by atoms with Gasteiger partial charge < -0.3 is 14.4 Å². The van der Waals surface area contributed by atoms with Gasteiger partial charge in [-0.05, 0) is 68.7 Å². The monoisotopic (exact) mass is 406 g/mol. The molecule has 2 aliphatic heterocycles. The second kappa shape index (κ2) is 8.22. The quantitative estimate of drug-likeness (QED) is 0.682. The molecule has 156 valence electrons. The summed E-state index contributed by atoms with van der Waals surface area (Å²) in [6.07, 6.45) is 2.10. The number of amides is 2. The number of hydrogen-bond acceptors (Lipinski definition) is 5. The van der Waals surface area contributed by atoms with Crippen molar-refractivity contribution in [1.82, 2.24) is 4.90 Å². The summed E-state index contributed by atoms with van der Waals surface area (Å²) in [5, 5.41) is 0. The molecule has 0 unspecified atom stereocenters. The molecule has 2 aliphatic rings. The van der Waals surface area contributed by atoms with E-state index in [4.69, 9.17) is 9.47 Å². The van der Waals surface area contributed by atoms with Crippen LogP contribution >= 0.6 is 0 Å². The van der Waals surface area contributed by atoms with E-state index in [-0.39, 0.29) is 17.9 Å². The van der Waals surface area contributed by atoms with Crippen molar-refractivity contribution < 1.29 is 19.1 Å². The van der Waals surface area contributed by atoms with Crippen LogP contribution in [0, 0.1) is 0 Å². The van der Waals surface area contributed by atoms with Crippen molar-refractivity contribution in [2.45, 2.75) is 32.8 Å². The Morgan fingerprint density at radius 3 is 2.00 bits per heavy atom. The highest BCUT2D eigenvalue weighted by molar-refractivity contribution is 6.45. The molecule has 1 saturated heterocycles. The van der Waals surface area contributed by atoms with Gasteiger partial charge in [-0.3, -0.25) is 9.59 Å². The Morgan fingerprint density at radius 2 is 1.43 bits per heavy atom. The van der Waals surface area contributed by atoms with Crippen molar-refractivity contribution in [3.05, 3.63) is 59.8 Å². The van der Waals surface area contributed by atoms with Gasteiger partial charge in [0.25, 0.3) is 11.8 Å². The van der Waals surface area contributed by atoms with Crippen LogP contribution in [0.15, 0.2) is 54.2 Å². The lowest BCUT2D eigenvalue weighted by molar-refractivity contribution is -0.120. The number of ether oxygens (including phenoxy) is 2. The summed E-state index contributed by atoms with van der Waals surface area (Å²) in [5.74, 6) is 0.835. The highest BCUT2D eigenvalue weighted by Gasteiger charge is 2.42. The minimum absolute atomic E-state index is 0.0653. The number of methoxy groups -OCH3 is 1. The summed E-state index contributed by atoms with van der Waals surface area (Å²) in [5.41, 5.74) is 2.21. The Labute approximate surface area is 176 Å². The van der Waals surface area contributed by atoms with Gasteiger partial charge in [0.15, 0.2) is 0 Å². The first kappa shape index (κ1) is 20.0. The van der Waals surface area contributed by atoms with Crippen LogP contribution in [0.25, 0.3) is 5.57 Å². The normalized spacial score (nSPS) is 16.8. The summed E-state index contributed by atoms with van der Waals surface area (Å²) in [4.78, 5) is 30.2. The summed E-state index contributed by atoms with van der Waals surface area (Å²) in [7, 11) is 1.58. The van der Waals surface area contributed by atoms with E-state index >= 15 is 0 Å². The van der Waals surface area contributed by atoms with E-state index in [1.54, 1.807) is 31.4 Å². The molecule has 0 aliphatic carbocycles. The van der Waals surface area contributed by atoms with Gasteiger partial charge in [0.2, 0.25) is 0 Å². The fourth-order valence-corrected chi connectivity index (χ4v) is 3.95. The number of benzene rings is 2. The maximum Gasteiger partial charge on any atom is 0.282 e. The van der Waals surface area contributed by atoms with Crippen LogP contribution in [0.1, 0.15) is 32.3 Å². The summed E-state index contributed by atoms with van der Waals surface area (Å²) in [6.45, 7) is 5.49. The van der Waals surface area contributed by atoms with E-state index in [0.717, 1.165) is 37.2 Å². The minimum atomic E-state index is -0.301. The zero-order chi connectivity index (χ0) is 21.3. The number of nitrogens with zero attached hydrogens (tertiary/aromatic N) is 2. The summed E-state index contributed by atoms with van der Waals surface area (Å²) in [6, 6.07) is 14.4. The Hall–Kier alpha value is -3.28. The first-order chi connectivity index (χ1) is 14.5. The molecular weight excluding hydrogens is 380 g/mol. The van der Waals surface area contributed by atoms with Crippen molar-refractivity contribution in [2.75, 3.05) is 25.1 Å². The molecule has 6 heteroatoms. The Kier molecular flexibility index (Phi) is 5.48. The van der Waals surface area contributed by atoms with Gasteiger partial charge >= 0.3 is 0 Å². The van der Waals surface area contributed by atoms with Gasteiger partial charge in [0, 0.05) is 13.1 Å². The molecule has 6 nitrogen and oxygen atoms in total. The topological polar surface area (TPSA) is 59.1 Å². The Bertz CT molecular complexity index is 971. The zero-order valence-electron chi connectivity index (χ0n) is 17.6. The SMILES string of the molecule is COc1ccc(N2C(=O)C(c3ccc(OC(C)C)cc3)=C(N3CCCC3)C2=O)cc1. The van der Waals surface area contributed by atoms with Crippen LogP contribution in [-0.4, -0.2) is 43.0 Å². The number of rotatable bonds is 6. The van der Waals surface area contributed by atoms with Crippen molar-refractivity contribution in [3.8, 4) is 11.5 Å². The van der Waals surface area contributed by atoms with Gasteiger partial charge in [0.1, 0.15) is 17.2 Å². The van der Waals surface area contributed by atoms with Crippen molar-refractivity contribution in [1.29, 1.82) is 0 Å². The second-order valence-corrected chi connectivity index (χ2v) is 7.75. The van der Waals surface area contributed by atoms with Gasteiger partial charge in [0.05, 0.1) is 24.5 Å². The molecule has 0 saturated carbocycles. The molecule has 2 aromatic rings.